The van der Waals surface area contributed by atoms with E-state index in [-0.39, 0.29) is 12.3 Å². The smallest absolute Gasteiger partial charge is 0.308 e. The van der Waals surface area contributed by atoms with E-state index in [0.717, 1.165) is 17.5 Å². The van der Waals surface area contributed by atoms with Crippen molar-refractivity contribution in [3.8, 4) is 17.6 Å². The minimum Gasteiger partial charge on any atom is -0.497 e. The first-order valence-electron chi connectivity index (χ1n) is 11.8. The Hall–Kier alpha value is -2.85. The van der Waals surface area contributed by atoms with E-state index in [2.05, 4.69) is 16.8 Å². The Balaban J connectivity index is 1.37. The highest BCUT2D eigenvalue weighted by molar-refractivity contribution is 6.42. The zero-order chi connectivity index (χ0) is 25.7. The predicted octanol–water partition coefficient (Wildman–Crippen LogP) is 6.42. The van der Waals surface area contributed by atoms with Gasteiger partial charge in [-0.05, 0) is 79.8 Å². The molecule has 0 bridgehead atoms. The number of pyridine rings is 1. The molecule has 1 saturated heterocycles. The second kappa shape index (κ2) is 11.9. The first-order chi connectivity index (χ1) is 17.4. The number of hydrogen-bond acceptors (Lipinski definition) is 4. The number of piperidine rings is 1. The predicted molar refractivity (Wildman–Crippen MR) is 140 cm³/mol. The molecule has 2 aromatic carbocycles. The molecule has 8 heteroatoms. The molecule has 4 rings (SSSR count). The maximum atomic E-state index is 15.4. The number of likely N-dealkylation sites (tertiary alicyclic amines) is 1. The molecular weight excluding hydrogens is 502 g/mol. The maximum Gasteiger partial charge on any atom is 0.308 e. The lowest BCUT2D eigenvalue weighted by atomic mass is 9.81. The van der Waals surface area contributed by atoms with Gasteiger partial charge in [-0.1, -0.05) is 35.0 Å². The molecule has 0 radical (unpaired) electrons. The summed E-state index contributed by atoms with van der Waals surface area (Å²) in [4.78, 5) is 18.4. The normalized spacial score (nSPS) is 18.9. The number of carboxylic acid groups (broad SMARTS) is 1. The summed E-state index contributed by atoms with van der Waals surface area (Å²) in [6.45, 7) is 1.56. The second-order valence-electron chi connectivity index (χ2n) is 8.99. The zero-order valence-corrected chi connectivity index (χ0v) is 21.4. The van der Waals surface area contributed by atoms with Crippen molar-refractivity contribution in [2.45, 2.75) is 25.4 Å². The summed E-state index contributed by atoms with van der Waals surface area (Å²) < 4.78 is 20.7. The molecule has 5 nitrogen and oxygen atoms in total. The van der Waals surface area contributed by atoms with Crippen LogP contribution in [0.5, 0.6) is 5.75 Å². The summed E-state index contributed by atoms with van der Waals surface area (Å²) in [6, 6.07) is 12.3. The quantitative estimate of drug-likeness (QED) is 0.358. The van der Waals surface area contributed by atoms with Gasteiger partial charge in [-0.15, -0.1) is 0 Å². The van der Waals surface area contributed by atoms with E-state index >= 15 is 4.39 Å². The largest absolute Gasteiger partial charge is 0.497 e. The molecular formula is C28H27Cl2FN2O3. The van der Waals surface area contributed by atoms with Gasteiger partial charge in [0.2, 0.25) is 0 Å². The molecule has 1 N–H and O–H groups in total. The number of alkyl halides is 1. The standard InChI is InChI=1S/C28H27Cl2FN2O3/c1-36-20-6-9-27-22(16-20)21(10-12-32-27)26(31)8-5-19-11-14-33(17-23(19)28(34)35)13-2-3-18-4-7-24(29)25(30)15-18/h4,6-7,9-10,12,15-16,19,23,26H,5,8,11,13-14,17H2,1H3,(H,34,35)/t19-,23+,26?/m1/s1. The van der Waals surface area contributed by atoms with Crippen molar-refractivity contribution in [1.29, 1.82) is 0 Å². The maximum absolute atomic E-state index is 15.4. The van der Waals surface area contributed by atoms with E-state index in [1.165, 1.54) is 0 Å². The van der Waals surface area contributed by atoms with Crippen LogP contribution in [0.2, 0.25) is 10.0 Å². The van der Waals surface area contributed by atoms with Gasteiger partial charge >= 0.3 is 5.97 Å². The Morgan fingerprint density at radius 1 is 1.25 bits per heavy atom. The van der Waals surface area contributed by atoms with Crippen LogP contribution in [0.4, 0.5) is 4.39 Å². The number of carbonyl (C=O) groups is 1. The lowest BCUT2D eigenvalue weighted by molar-refractivity contribution is -0.146. The lowest BCUT2D eigenvalue weighted by Gasteiger charge is -2.35. The van der Waals surface area contributed by atoms with Gasteiger partial charge < -0.3 is 9.84 Å². The number of fused-ring (bicyclic) bond motifs is 1. The molecule has 2 heterocycles. The average Bonchev–Trinajstić information content (AvgIpc) is 2.88. The van der Waals surface area contributed by atoms with Crippen molar-refractivity contribution >= 4 is 40.1 Å². The van der Waals surface area contributed by atoms with Crippen molar-refractivity contribution in [3.05, 3.63) is 69.8 Å². The van der Waals surface area contributed by atoms with Gasteiger partial charge in [0, 0.05) is 23.7 Å². The van der Waals surface area contributed by atoms with Crippen LogP contribution >= 0.6 is 23.2 Å². The second-order valence-corrected chi connectivity index (χ2v) is 9.80. The number of methoxy groups -OCH3 is 1. The molecule has 1 aromatic heterocycles. The molecule has 1 aliphatic rings. The fourth-order valence-corrected chi connectivity index (χ4v) is 5.02. The summed E-state index contributed by atoms with van der Waals surface area (Å²) in [5, 5.41) is 11.5. The summed E-state index contributed by atoms with van der Waals surface area (Å²) in [7, 11) is 1.57. The van der Waals surface area contributed by atoms with E-state index in [1.54, 1.807) is 49.7 Å². The van der Waals surface area contributed by atoms with Crippen molar-refractivity contribution in [1.82, 2.24) is 9.88 Å². The number of hydrogen-bond donors (Lipinski definition) is 1. The minimum absolute atomic E-state index is 0.0948. The molecule has 1 aliphatic heterocycles. The highest BCUT2D eigenvalue weighted by Gasteiger charge is 2.34. The van der Waals surface area contributed by atoms with Gasteiger partial charge in [0.1, 0.15) is 11.9 Å². The number of nitrogens with zero attached hydrogens (tertiary/aromatic N) is 2. The fraction of sp³-hybridized carbons (Fsp3) is 0.357. The topological polar surface area (TPSA) is 62.7 Å². The van der Waals surface area contributed by atoms with Crippen LogP contribution in [0.1, 0.15) is 36.6 Å². The summed E-state index contributed by atoms with van der Waals surface area (Å²) >= 11 is 12.0. The lowest BCUT2D eigenvalue weighted by Crippen LogP contribution is -2.44. The van der Waals surface area contributed by atoms with E-state index in [9.17, 15) is 9.90 Å². The highest BCUT2D eigenvalue weighted by atomic mass is 35.5. The van der Waals surface area contributed by atoms with Crippen LogP contribution < -0.4 is 4.74 Å². The van der Waals surface area contributed by atoms with Gasteiger partial charge in [-0.3, -0.25) is 14.7 Å². The van der Waals surface area contributed by atoms with Gasteiger partial charge in [-0.2, -0.15) is 0 Å². The molecule has 188 valence electrons. The minimum atomic E-state index is -1.22. The molecule has 0 aliphatic carbocycles. The SMILES string of the molecule is COc1ccc2nccc(C(F)CC[C@@H]3CCN(CC#Cc4ccc(Cl)c(Cl)c4)C[C@@H]3C(=O)O)c2c1. The average molecular weight is 529 g/mol. The van der Waals surface area contributed by atoms with E-state index in [1.807, 2.05) is 11.0 Å². The van der Waals surface area contributed by atoms with Gasteiger partial charge in [0.15, 0.2) is 0 Å². The Morgan fingerprint density at radius 2 is 2.08 bits per heavy atom. The molecule has 0 amide bonds. The first kappa shape index (κ1) is 26.2. The van der Waals surface area contributed by atoms with E-state index < -0.39 is 18.1 Å². The Morgan fingerprint density at radius 3 is 2.83 bits per heavy atom. The van der Waals surface area contributed by atoms with Gasteiger partial charge in [0.25, 0.3) is 0 Å². The number of aliphatic carboxylic acids is 1. The van der Waals surface area contributed by atoms with Crippen LogP contribution in [0.25, 0.3) is 10.9 Å². The Bertz CT molecular complexity index is 1310. The molecule has 3 atom stereocenters. The number of benzene rings is 2. The number of carboxylic acids is 1. The van der Waals surface area contributed by atoms with E-state index in [4.69, 9.17) is 27.9 Å². The van der Waals surface area contributed by atoms with E-state index in [0.29, 0.717) is 52.8 Å². The third kappa shape index (κ3) is 6.28. The molecule has 36 heavy (non-hydrogen) atoms. The van der Waals surface area contributed by atoms with Gasteiger partial charge in [-0.25, -0.2) is 4.39 Å². The third-order valence-electron chi connectivity index (χ3n) is 6.72. The first-order valence-corrected chi connectivity index (χ1v) is 12.6. The molecule has 0 spiro atoms. The number of halogens is 3. The zero-order valence-electron chi connectivity index (χ0n) is 19.9. The summed E-state index contributed by atoms with van der Waals surface area (Å²) in [6.07, 6.45) is 1.82. The van der Waals surface area contributed by atoms with Crippen LogP contribution in [-0.4, -0.2) is 47.7 Å². The fourth-order valence-electron chi connectivity index (χ4n) is 4.73. The Labute approximate surface area is 220 Å². The van der Waals surface area contributed by atoms with Crippen molar-refractivity contribution < 1.29 is 19.0 Å². The van der Waals surface area contributed by atoms with Crippen LogP contribution in [0.3, 0.4) is 0 Å². The summed E-state index contributed by atoms with van der Waals surface area (Å²) in [5.41, 5.74) is 2.01. The van der Waals surface area contributed by atoms with Crippen molar-refractivity contribution in [2.75, 3.05) is 26.7 Å². The van der Waals surface area contributed by atoms with Gasteiger partial charge in [0.05, 0.1) is 35.1 Å². The monoisotopic (exact) mass is 528 g/mol. The van der Waals surface area contributed by atoms with Crippen LogP contribution in [-0.2, 0) is 4.79 Å². The molecule has 1 fully saturated rings. The van der Waals surface area contributed by atoms with Crippen molar-refractivity contribution in [3.63, 3.8) is 0 Å². The molecule has 3 aromatic rings. The molecule has 0 saturated carbocycles. The summed E-state index contributed by atoms with van der Waals surface area (Å²) in [5.74, 6) is 5.28. The number of rotatable bonds is 7. The molecule has 1 unspecified atom stereocenters. The Kier molecular flexibility index (Phi) is 8.68. The van der Waals surface area contributed by atoms with Crippen LogP contribution in [0.15, 0.2) is 48.7 Å². The number of ether oxygens (including phenoxy) is 1. The van der Waals surface area contributed by atoms with Crippen molar-refractivity contribution in [2.24, 2.45) is 11.8 Å². The third-order valence-corrected chi connectivity index (χ3v) is 7.46. The number of aromatic nitrogens is 1. The van der Waals surface area contributed by atoms with Crippen LogP contribution in [0, 0.1) is 23.7 Å². The highest BCUT2D eigenvalue weighted by Crippen LogP contribution is 2.35.